The number of ether oxygens (including phenoxy) is 1. The number of carbonyl (C=O) groups excluding carboxylic acids is 1. The molecule has 1 aliphatic heterocycles. The lowest BCUT2D eigenvalue weighted by Gasteiger charge is -2.35. The summed E-state index contributed by atoms with van der Waals surface area (Å²) >= 11 is 0. The zero-order valence-electron chi connectivity index (χ0n) is 18.3. The molecule has 168 valence electrons. The average molecular weight is 536 g/mol. The SMILES string of the molecule is CCNC(=NCCCNC(=O)c1ccccc1)N1CCOC(c2ccccc2C)C1.I. The van der Waals surface area contributed by atoms with Gasteiger partial charge in [0.15, 0.2) is 5.96 Å². The molecule has 0 bridgehead atoms. The van der Waals surface area contributed by atoms with Gasteiger partial charge < -0.3 is 20.3 Å². The summed E-state index contributed by atoms with van der Waals surface area (Å²) in [5.74, 6) is 0.870. The van der Waals surface area contributed by atoms with E-state index in [1.807, 2.05) is 30.3 Å². The van der Waals surface area contributed by atoms with Gasteiger partial charge in [0.25, 0.3) is 5.91 Å². The van der Waals surface area contributed by atoms with Gasteiger partial charge in [-0.2, -0.15) is 0 Å². The molecule has 2 aromatic carbocycles. The van der Waals surface area contributed by atoms with Crippen LogP contribution >= 0.6 is 24.0 Å². The second-order valence-electron chi connectivity index (χ2n) is 7.37. The van der Waals surface area contributed by atoms with E-state index in [-0.39, 0.29) is 36.0 Å². The Labute approximate surface area is 202 Å². The van der Waals surface area contributed by atoms with E-state index in [4.69, 9.17) is 9.73 Å². The third-order valence-corrected chi connectivity index (χ3v) is 5.15. The van der Waals surface area contributed by atoms with Gasteiger partial charge in [-0.25, -0.2) is 0 Å². The third kappa shape index (κ3) is 7.50. The molecule has 6 nitrogen and oxygen atoms in total. The van der Waals surface area contributed by atoms with E-state index in [9.17, 15) is 4.79 Å². The van der Waals surface area contributed by atoms with Gasteiger partial charge in [-0.15, -0.1) is 24.0 Å². The standard InChI is InChI=1S/C24H32N4O2.HI/c1-3-25-24(27-15-9-14-26-23(29)20-11-5-4-6-12-20)28-16-17-30-22(18-28)21-13-8-7-10-19(21)2;/h4-8,10-13,22H,3,9,14-18H2,1-2H3,(H,25,27)(H,26,29);1H. The smallest absolute Gasteiger partial charge is 0.251 e. The summed E-state index contributed by atoms with van der Waals surface area (Å²) < 4.78 is 6.04. The van der Waals surface area contributed by atoms with E-state index in [0.29, 0.717) is 25.3 Å². The molecule has 2 aromatic rings. The maximum Gasteiger partial charge on any atom is 0.251 e. The fraction of sp³-hybridized carbons (Fsp3) is 0.417. The van der Waals surface area contributed by atoms with Crippen LogP contribution in [0.3, 0.4) is 0 Å². The highest BCUT2D eigenvalue weighted by molar-refractivity contribution is 14.0. The molecule has 2 N–H and O–H groups in total. The molecule has 0 spiro atoms. The second-order valence-corrected chi connectivity index (χ2v) is 7.37. The fourth-order valence-electron chi connectivity index (χ4n) is 3.56. The van der Waals surface area contributed by atoms with Crippen molar-refractivity contribution in [2.75, 3.05) is 39.3 Å². The number of carbonyl (C=O) groups is 1. The van der Waals surface area contributed by atoms with Crippen molar-refractivity contribution >= 4 is 35.8 Å². The summed E-state index contributed by atoms with van der Waals surface area (Å²) in [5, 5.41) is 6.35. The number of nitrogens with one attached hydrogen (secondary N) is 2. The van der Waals surface area contributed by atoms with Crippen molar-refractivity contribution in [3.63, 3.8) is 0 Å². The number of rotatable bonds is 7. The zero-order chi connectivity index (χ0) is 21.2. The lowest BCUT2D eigenvalue weighted by Crippen LogP contribution is -2.48. The topological polar surface area (TPSA) is 66.0 Å². The highest BCUT2D eigenvalue weighted by Gasteiger charge is 2.25. The normalized spacial score (nSPS) is 16.4. The lowest BCUT2D eigenvalue weighted by atomic mass is 10.0. The van der Waals surface area contributed by atoms with Crippen LogP contribution in [-0.2, 0) is 4.74 Å². The molecule has 1 saturated heterocycles. The molecule has 7 heteroatoms. The molecule has 1 unspecified atom stereocenters. The molecule has 31 heavy (non-hydrogen) atoms. The minimum Gasteiger partial charge on any atom is -0.370 e. The number of amides is 1. The molecule has 1 heterocycles. The minimum atomic E-state index is -0.0410. The number of aliphatic imine (C=N–C) groups is 1. The Hall–Kier alpha value is -2.13. The zero-order valence-corrected chi connectivity index (χ0v) is 20.7. The van der Waals surface area contributed by atoms with E-state index in [0.717, 1.165) is 32.0 Å². The average Bonchev–Trinajstić information content (AvgIpc) is 2.79. The highest BCUT2D eigenvalue weighted by atomic mass is 127. The van der Waals surface area contributed by atoms with Crippen LogP contribution in [0.5, 0.6) is 0 Å². The molecular weight excluding hydrogens is 503 g/mol. The van der Waals surface area contributed by atoms with Gasteiger partial charge in [0.05, 0.1) is 13.2 Å². The minimum absolute atomic E-state index is 0. The van der Waals surface area contributed by atoms with Crippen molar-refractivity contribution in [1.29, 1.82) is 0 Å². The van der Waals surface area contributed by atoms with Crippen LogP contribution in [0.25, 0.3) is 0 Å². The van der Waals surface area contributed by atoms with Crippen LogP contribution < -0.4 is 10.6 Å². The molecule has 0 aliphatic carbocycles. The Balaban J connectivity index is 0.00000341. The second kappa shape index (κ2) is 13.3. The summed E-state index contributed by atoms with van der Waals surface area (Å²) in [6, 6.07) is 17.7. The number of nitrogens with zero attached hydrogens (tertiary/aromatic N) is 2. The Bertz CT molecular complexity index is 844. The fourth-order valence-corrected chi connectivity index (χ4v) is 3.56. The van der Waals surface area contributed by atoms with Crippen molar-refractivity contribution in [1.82, 2.24) is 15.5 Å². The van der Waals surface area contributed by atoms with Crippen molar-refractivity contribution in [3.8, 4) is 0 Å². The predicted molar refractivity (Wildman–Crippen MR) is 136 cm³/mol. The van der Waals surface area contributed by atoms with Crippen molar-refractivity contribution < 1.29 is 9.53 Å². The van der Waals surface area contributed by atoms with E-state index >= 15 is 0 Å². The van der Waals surface area contributed by atoms with Gasteiger partial charge in [-0.3, -0.25) is 9.79 Å². The first-order valence-electron chi connectivity index (χ1n) is 10.7. The molecule has 1 atom stereocenters. The van der Waals surface area contributed by atoms with E-state index < -0.39 is 0 Å². The summed E-state index contributed by atoms with van der Waals surface area (Å²) in [6.07, 6.45) is 0.841. The van der Waals surface area contributed by atoms with Crippen LogP contribution in [0.4, 0.5) is 0 Å². The highest BCUT2D eigenvalue weighted by Crippen LogP contribution is 2.24. The lowest BCUT2D eigenvalue weighted by molar-refractivity contribution is -0.00832. The maximum atomic E-state index is 12.1. The van der Waals surface area contributed by atoms with Crippen LogP contribution in [-0.4, -0.2) is 56.1 Å². The first kappa shape index (κ1) is 25.1. The summed E-state index contributed by atoms with van der Waals surface area (Å²) in [7, 11) is 0. The number of guanidine groups is 1. The van der Waals surface area contributed by atoms with Gasteiger partial charge in [-0.05, 0) is 43.5 Å². The van der Waals surface area contributed by atoms with Gasteiger partial charge in [-0.1, -0.05) is 42.5 Å². The van der Waals surface area contributed by atoms with Crippen LogP contribution in [0.15, 0.2) is 59.6 Å². The summed E-state index contributed by atoms with van der Waals surface area (Å²) in [6.45, 7) is 8.55. The quantitative estimate of drug-likeness (QED) is 0.245. The van der Waals surface area contributed by atoms with Crippen LogP contribution in [0, 0.1) is 6.92 Å². The molecule has 1 amide bonds. The van der Waals surface area contributed by atoms with Crippen molar-refractivity contribution in [2.45, 2.75) is 26.4 Å². The Morgan fingerprint density at radius 3 is 2.61 bits per heavy atom. The molecule has 0 aromatic heterocycles. The monoisotopic (exact) mass is 536 g/mol. The Morgan fingerprint density at radius 2 is 1.87 bits per heavy atom. The number of hydrogen-bond acceptors (Lipinski definition) is 3. The number of halogens is 1. The van der Waals surface area contributed by atoms with Gasteiger partial charge >= 0.3 is 0 Å². The molecule has 1 aliphatic rings. The predicted octanol–water partition coefficient (Wildman–Crippen LogP) is 3.77. The van der Waals surface area contributed by atoms with Crippen molar-refractivity contribution in [3.05, 3.63) is 71.3 Å². The van der Waals surface area contributed by atoms with Gasteiger partial charge in [0.2, 0.25) is 0 Å². The Morgan fingerprint density at radius 1 is 1.13 bits per heavy atom. The van der Waals surface area contributed by atoms with Gasteiger partial charge in [0.1, 0.15) is 6.10 Å². The number of hydrogen-bond donors (Lipinski definition) is 2. The van der Waals surface area contributed by atoms with E-state index in [1.54, 1.807) is 0 Å². The van der Waals surface area contributed by atoms with Crippen LogP contribution in [0.2, 0.25) is 0 Å². The molecular formula is C24H33IN4O2. The molecule has 0 saturated carbocycles. The van der Waals surface area contributed by atoms with Crippen LogP contribution in [0.1, 0.15) is 40.9 Å². The number of benzene rings is 2. The summed E-state index contributed by atoms with van der Waals surface area (Å²) in [4.78, 5) is 19.2. The number of aryl methyl sites for hydroxylation is 1. The van der Waals surface area contributed by atoms with E-state index in [1.165, 1.54) is 11.1 Å². The molecule has 0 radical (unpaired) electrons. The number of morpholine rings is 1. The van der Waals surface area contributed by atoms with E-state index in [2.05, 4.69) is 53.6 Å². The maximum absolute atomic E-state index is 12.1. The van der Waals surface area contributed by atoms with Gasteiger partial charge in [0, 0.05) is 31.7 Å². The van der Waals surface area contributed by atoms with Crippen molar-refractivity contribution in [2.24, 2.45) is 4.99 Å². The third-order valence-electron chi connectivity index (χ3n) is 5.15. The summed E-state index contributed by atoms with van der Waals surface area (Å²) in [5.41, 5.74) is 3.17. The molecule has 1 fully saturated rings. The first-order chi connectivity index (χ1) is 14.7. The Kier molecular flexibility index (Phi) is 10.8. The first-order valence-corrected chi connectivity index (χ1v) is 10.7. The largest absolute Gasteiger partial charge is 0.370 e. The molecule has 3 rings (SSSR count).